The monoisotopic (exact) mass is 168 g/mol. The van der Waals surface area contributed by atoms with Crippen molar-refractivity contribution in [1.29, 1.82) is 0 Å². The van der Waals surface area contributed by atoms with Crippen LogP contribution in [0.4, 0.5) is 0 Å². The van der Waals surface area contributed by atoms with Crippen LogP contribution in [0.3, 0.4) is 0 Å². The third kappa shape index (κ3) is 1.34. The molecule has 1 fully saturated rings. The van der Waals surface area contributed by atoms with Crippen LogP contribution in [0.2, 0.25) is 0 Å². The Bertz CT molecular complexity index is 111. The minimum Gasteiger partial charge on any atom is -0.128 e. The highest BCUT2D eigenvalue weighted by atomic mass is 35.5. The molecule has 0 radical (unpaired) electrons. The lowest BCUT2D eigenvalue weighted by Crippen LogP contribution is -1.87. The normalized spacial score (nSPS) is 32.0. The Morgan fingerprint density at radius 1 is 1.75 bits per heavy atom. The Balaban J connectivity index is 2.26. The summed E-state index contributed by atoms with van der Waals surface area (Å²) in [4.78, 5) is 0. The molecule has 0 aromatic carbocycles. The molecule has 1 aliphatic rings. The molecule has 0 bridgehead atoms. The fraction of sp³-hybridized carbons (Fsp3) is 0.600. The van der Waals surface area contributed by atoms with Gasteiger partial charge in [-0.05, 0) is 11.8 Å². The van der Waals surface area contributed by atoms with E-state index in [1.807, 2.05) is 0 Å². The molecule has 3 heteroatoms. The van der Waals surface area contributed by atoms with Crippen LogP contribution in [0.5, 0.6) is 0 Å². The van der Waals surface area contributed by atoms with E-state index in [0.29, 0.717) is 5.25 Å². The predicted molar refractivity (Wildman–Crippen MR) is 40.6 cm³/mol. The Kier molecular flexibility index (Phi) is 1.80. The van der Waals surface area contributed by atoms with Gasteiger partial charge in [-0.3, -0.25) is 0 Å². The van der Waals surface area contributed by atoms with Crippen LogP contribution in [-0.2, 0) is 0 Å². The Labute approximate surface area is 63.2 Å². The van der Waals surface area contributed by atoms with Crippen LogP contribution < -0.4 is 0 Å². The highest BCUT2D eigenvalue weighted by molar-refractivity contribution is 8.03. The molecule has 0 N–H and O–H groups in total. The van der Waals surface area contributed by atoms with E-state index in [1.54, 1.807) is 17.2 Å². The smallest absolute Gasteiger partial charge is 0.128 e. The molecule has 8 heavy (non-hydrogen) atoms. The summed E-state index contributed by atoms with van der Waals surface area (Å²) in [5, 5.41) is 2.17. The lowest BCUT2D eigenvalue weighted by Gasteiger charge is -1.91. The maximum Gasteiger partial charge on any atom is 0.131 e. The second-order valence-electron chi connectivity index (χ2n) is 1.76. The summed E-state index contributed by atoms with van der Waals surface area (Å²) in [6.45, 7) is 3.55. The molecule has 0 aromatic heterocycles. The van der Waals surface area contributed by atoms with Crippen LogP contribution in [0.15, 0.2) is 12.0 Å². The first-order valence-electron chi connectivity index (χ1n) is 2.31. The molecule has 0 spiro atoms. The van der Waals surface area contributed by atoms with Crippen LogP contribution in [0.1, 0.15) is 6.42 Å². The van der Waals surface area contributed by atoms with Gasteiger partial charge in [0.15, 0.2) is 0 Å². The molecule has 0 amide bonds. The van der Waals surface area contributed by atoms with Crippen molar-refractivity contribution in [3.63, 3.8) is 0 Å². The van der Waals surface area contributed by atoms with E-state index < -0.39 is 4.33 Å². The van der Waals surface area contributed by atoms with Gasteiger partial charge in [0.1, 0.15) is 4.33 Å². The Morgan fingerprint density at radius 2 is 2.25 bits per heavy atom. The molecule has 1 saturated carbocycles. The molecule has 0 aliphatic heterocycles. The first kappa shape index (κ1) is 6.79. The van der Waals surface area contributed by atoms with Crippen molar-refractivity contribution < 1.29 is 0 Å². The van der Waals surface area contributed by atoms with Gasteiger partial charge >= 0.3 is 0 Å². The van der Waals surface area contributed by atoms with Gasteiger partial charge in [0.2, 0.25) is 0 Å². The number of halogens is 2. The molecular formula is C5H6Cl2S. The van der Waals surface area contributed by atoms with Gasteiger partial charge in [-0.15, -0.1) is 35.0 Å². The minimum absolute atomic E-state index is 0.392. The van der Waals surface area contributed by atoms with Crippen LogP contribution >= 0.6 is 35.0 Å². The first-order valence-corrected chi connectivity index (χ1v) is 4.01. The van der Waals surface area contributed by atoms with Gasteiger partial charge in [-0.1, -0.05) is 6.58 Å². The highest BCUT2D eigenvalue weighted by Gasteiger charge is 2.51. The molecule has 0 aromatic rings. The average molecular weight is 169 g/mol. The van der Waals surface area contributed by atoms with E-state index in [2.05, 4.69) is 6.58 Å². The van der Waals surface area contributed by atoms with Crippen LogP contribution in [-0.4, -0.2) is 9.58 Å². The van der Waals surface area contributed by atoms with Gasteiger partial charge in [-0.25, -0.2) is 0 Å². The standard InChI is InChI=1S/C5H6Cl2S/c1-2-8-4-3-5(4,6)7/h2,4H,1,3H2. The number of thioether (sulfide) groups is 1. The zero-order chi connectivity index (χ0) is 6.20. The van der Waals surface area contributed by atoms with E-state index in [9.17, 15) is 0 Å². The molecular weight excluding hydrogens is 163 g/mol. The lowest BCUT2D eigenvalue weighted by atomic mass is 10.9. The number of rotatable bonds is 2. The summed E-state index contributed by atoms with van der Waals surface area (Å²) in [7, 11) is 0. The van der Waals surface area contributed by atoms with E-state index in [0.717, 1.165) is 6.42 Å². The fourth-order valence-corrected chi connectivity index (χ4v) is 2.04. The molecule has 0 saturated heterocycles. The van der Waals surface area contributed by atoms with Gasteiger partial charge in [-0.2, -0.15) is 0 Å². The van der Waals surface area contributed by atoms with Crippen LogP contribution in [0.25, 0.3) is 0 Å². The van der Waals surface area contributed by atoms with Crippen molar-refractivity contribution in [2.24, 2.45) is 0 Å². The third-order valence-electron chi connectivity index (χ3n) is 1.03. The van der Waals surface area contributed by atoms with Crippen molar-refractivity contribution in [2.45, 2.75) is 16.0 Å². The van der Waals surface area contributed by atoms with Crippen LogP contribution in [0, 0.1) is 0 Å². The summed E-state index contributed by atoms with van der Waals surface area (Å²) in [5.74, 6) is 0. The van der Waals surface area contributed by atoms with Gasteiger partial charge in [0.05, 0.1) is 0 Å². The van der Waals surface area contributed by atoms with Gasteiger partial charge < -0.3 is 0 Å². The summed E-state index contributed by atoms with van der Waals surface area (Å²) < 4.78 is -0.446. The minimum atomic E-state index is -0.446. The number of hydrogen-bond donors (Lipinski definition) is 0. The fourth-order valence-electron chi connectivity index (χ4n) is 0.452. The molecule has 1 rings (SSSR count). The predicted octanol–water partition coefficient (Wildman–Crippen LogP) is 2.81. The summed E-state index contributed by atoms with van der Waals surface area (Å²) in [5.41, 5.74) is 0. The van der Waals surface area contributed by atoms with Crippen molar-refractivity contribution in [2.75, 3.05) is 0 Å². The zero-order valence-electron chi connectivity index (χ0n) is 4.23. The molecule has 1 atom stereocenters. The highest BCUT2D eigenvalue weighted by Crippen LogP contribution is 2.54. The topological polar surface area (TPSA) is 0 Å². The number of alkyl halides is 2. The summed E-state index contributed by atoms with van der Waals surface area (Å²) in [6.07, 6.45) is 0.896. The van der Waals surface area contributed by atoms with Gasteiger partial charge in [0, 0.05) is 5.25 Å². The number of hydrogen-bond acceptors (Lipinski definition) is 1. The SMILES string of the molecule is C=CSC1CC1(Cl)Cl. The first-order chi connectivity index (χ1) is 3.67. The maximum atomic E-state index is 5.68. The molecule has 0 nitrogen and oxygen atoms in total. The summed E-state index contributed by atoms with van der Waals surface area (Å²) >= 11 is 13.0. The van der Waals surface area contributed by atoms with Crippen molar-refractivity contribution >= 4 is 35.0 Å². The molecule has 0 heterocycles. The van der Waals surface area contributed by atoms with Crippen molar-refractivity contribution in [3.05, 3.63) is 12.0 Å². The summed E-state index contributed by atoms with van der Waals surface area (Å²) in [6, 6.07) is 0. The largest absolute Gasteiger partial charge is 0.131 e. The van der Waals surface area contributed by atoms with Gasteiger partial charge in [0.25, 0.3) is 0 Å². The quantitative estimate of drug-likeness (QED) is 0.572. The van der Waals surface area contributed by atoms with Crippen molar-refractivity contribution in [3.8, 4) is 0 Å². The Morgan fingerprint density at radius 3 is 2.38 bits per heavy atom. The zero-order valence-corrected chi connectivity index (χ0v) is 6.56. The van der Waals surface area contributed by atoms with E-state index in [-0.39, 0.29) is 0 Å². The lowest BCUT2D eigenvalue weighted by molar-refractivity contribution is 1.36. The average Bonchev–Trinajstić information content (AvgIpc) is 2.15. The van der Waals surface area contributed by atoms with Crippen molar-refractivity contribution in [1.82, 2.24) is 0 Å². The molecule has 1 aliphatic carbocycles. The maximum absolute atomic E-state index is 5.68. The second kappa shape index (κ2) is 2.13. The Hall–Kier alpha value is 0.670. The third-order valence-corrected chi connectivity index (χ3v) is 3.21. The van der Waals surface area contributed by atoms with E-state index >= 15 is 0 Å². The molecule has 1 unspecified atom stereocenters. The molecule has 46 valence electrons. The second-order valence-corrected chi connectivity index (χ2v) is 4.47. The van der Waals surface area contributed by atoms with E-state index in [1.165, 1.54) is 0 Å². The van der Waals surface area contributed by atoms with E-state index in [4.69, 9.17) is 23.2 Å².